The summed E-state index contributed by atoms with van der Waals surface area (Å²) in [6.07, 6.45) is 1.54. The number of alkyl halides is 3. The van der Waals surface area contributed by atoms with Crippen LogP contribution in [-0.2, 0) is 0 Å². The zero-order valence-corrected chi connectivity index (χ0v) is 16.3. The molecule has 0 spiro atoms. The van der Waals surface area contributed by atoms with E-state index in [0.717, 1.165) is 11.3 Å². The fourth-order valence-electron chi connectivity index (χ4n) is 2.09. The minimum absolute atomic E-state index is 0.0801. The van der Waals surface area contributed by atoms with Crippen LogP contribution in [0.3, 0.4) is 0 Å². The molecule has 1 aromatic heterocycles. The van der Waals surface area contributed by atoms with E-state index in [1.54, 1.807) is 30.3 Å². The van der Waals surface area contributed by atoms with Gasteiger partial charge >= 0.3 is 5.51 Å². The Morgan fingerprint density at radius 1 is 1.04 bits per heavy atom. The van der Waals surface area contributed by atoms with Crippen LogP contribution in [0.2, 0.25) is 0 Å². The van der Waals surface area contributed by atoms with Gasteiger partial charge in [0.2, 0.25) is 5.01 Å². The molecule has 0 radical (unpaired) electrons. The molecule has 0 saturated heterocycles. The highest BCUT2D eigenvalue weighted by Crippen LogP contribution is 2.37. The highest BCUT2D eigenvalue weighted by Gasteiger charge is 2.28. The molecule has 0 unspecified atom stereocenters. The SMILES string of the molecule is O=C(Nc1ccccc1)c1nnc(C(Cl)=Cc2ccc(SC(F)(F)F)cc2)s1. The molecule has 10 heteroatoms. The minimum Gasteiger partial charge on any atom is -0.320 e. The molecule has 1 N–H and O–H groups in total. The van der Waals surface area contributed by atoms with Crippen molar-refractivity contribution in [1.82, 2.24) is 10.2 Å². The molecule has 2 aromatic carbocycles. The van der Waals surface area contributed by atoms with Crippen LogP contribution >= 0.6 is 34.7 Å². The Hall–Kier alpha value is -2.36. The van der Waals surface area contributed by atoms with Gasteiger partial charge in [-0.15, -0.1) is 10.2 Å². The van der Waals surface area contributed by atoms with Crippen LogP contribution in [0.25, 0.3) is 11.1 Å². The Labute approximate surface area is 171 Å². The number of carbonyl (C=O) groups excluding carboxylic acids is 1. The van der Waals surface area contributed by atoms with Gasteiger partial charge in [-0.05, 0) is 47.7 Å². The third-order valence-electron chi connectivity index (χ3n) is 3.26. The van der Waals surface area contributed by atoms with Crippen LogP contribution in [0.4, 0.5) is 18.9 Å². The summed E-state index contributed by atoms with van der Waals surface area (Å²) in [6, 6.07) is 14.6. The molecule has 0 aliphatic heterocycles. The fourth-order valence-corrected chi connectivity index (χ4v) is 3.56. The lowest BCUT2D eigenvalue weighted by molar-refractivity contribution is -0.0328. The number of aromatic nitrogens is 2. The van der Waals surface area contributed by atoms with Gasteiger partial charge in [0.05, 0.1) is 5.03 Å². The lowest BCUT2D eigenvalue weighted by Crippen LogP contribution is -2.11. The molecule has 3 aromatic rings. The lowest BCUT2D eigenvalue weighted by Gasteiger charge is -2.05. The number of hydrogen-bond acceptors (Lipinski definition) is 5. The van der Waals surface area contributed by atoms with Crippen LogP contribution in [0.5, 0.6) is 0 Å². The number of para-hydroxylation sites is 1. The maximum atomic E-state index is 12.4. The summed E-state index contributed by atoms with van der Waals surface area (Å²) < 4.78 is 37.1. The molecule has 0 fully saturated rings. The van der Waals surface area contributed by atoms with Crippen LogP contribution in [0.15, 0.2) is 59.5 Å². The van der Waals surface area contributed by atoms with Crippen molar-refractivity contribution in [1.29, 1.82) is 0 Å². The fraction of sp³-hybridized carbons (Fsp3) is 0.0556. The molecule has 1 amide bonds. The maximum absolute atomic E-state index is 12.4. The first-order valence-electron chi connectivity index (χ1n) is 7.73. The molecule has 1 heterocycles. The first-order chi connectivity index (χ1) is 13.3. The van der Waals surface area contributed by atoms with Crippen LogP contribution in [-0.4, -0.2) is 21.6 Å². The van der Waals surface area contributed by atoms with Gasteiger partial charge in [0.15, 0.2) is 5.01 Å². The third-order valence-corrected chi connectivity index (χ3v) is 5.36. The summed E-state index contributed by atoms with van der Waals surface area (Å²) in [6.45, 7) is 0. The second kappa shape index (κ2) is 8.76. The summed E-state index contributed by atoms with van der Waals surface area (Å²) in [5.41, 5.74) is -3.11. The number of hydrogen-bond donors (Lipinski definition) is 1. The van der Waals surface area contributed by atoms with Gasteiger partial charge in [0.25, 0.3) is 5.91 Å². The number of thioether (sulfide) groups is 1. The predicted octanol–water partition coefficient (Wildman–Crippen LogP) is 6.14. The Bertz CT molecular complexity index is 989. The van der Waals surface area contributed by atoms with Crippen molar-refractivity contribution in [3.05, 3.63) is 70.2 Å². The Balaban J connectivity index is 1.69. The van der Waals surface area contributed by atoms with E-state index in [1.807, 2.05) is 6.07 Å². The summed E-state index contributed by atoms with van der Waals surface area (Å²) in [4.78, 5) is 12.3. The molecule has 0 atom stereocenters. The van der Waals surface area contributed by atoms with Crippen LogP contribution in [0.1, 0.15) is 20.4 Å². The second-order valence-electron chi connectivity index (χ2n) is 5.34. The Morgan fingerprint density at radius 2 is 1.68 bits per heavy atom. The number of rotatable bonds is 5. The molecule has 144 valence electrons. The zero-order valence-electron chi connectivity index (χ0n) is 13.9. The van der Waals surface area contributed by atoms with Gasteiger partial charge in [0, 0.05) is 10.6 Å². The van der Waals surface area contributed by atoms with E-state index >= 15 is 0 Å². The molecule has 0 saturated carbocycles. The van der Waals surface area contributed by atoms with Crippen molar-refractivity contribution in [2.24, 2.45) is 0 Å². The molecular formula is C18H11ClF3N3OS2. The van der Waals surface area contributed by atoms with E-state index in [1.165, 1.54) is 24.3 Å². The number of anilines is 1. The molecule has 0 aliphatic carbocycles. The van der Waals surface area contributed by atoms with Gasteiger partial charge in [-0.2, -0.15) is 13.2 Å². The Morgan fingerprint density at radius 3 is 2.32 bits per heavy atom. The summed E-state index contributed by atoms with van der Waals surface area (Å²) in [5, 5.41) is 11.1. The number of nitrogens with one attached hydrogen (secondary N) is 1. The molecule has 3 rings (SSSR count). The highest BCUT2D eigenvalue weighted by molar-refractivity contribution is 8.00. The Kier molecular flexibility index (Phi) is 6.38. The minimum atomic E-state index is -4.34. The summed E-state index contributed by atoms with van der Waals surface area (Å²) in [7, 11) is 0. The van der Waals surface area contributed by atoms with Crippen molar-refractivity contribution in [2.45, 2.75) is 10.4 Å². The van der Waals surface area contributed by atoms with Crippen molar-refractivity contribution in [2.75, 3.05) is 5.32 Å². The molecule has 0 bridgehead atoms. The standard InChI is InChI=1S/C18H11ClF3N3OS2/c19-14(10-11-6-8-13(9-7-11)28-18(20,21)22)16-24-25-17(27-16)15(26)23-12-4-2-1-3-5-12/h1-10H,(H,23,26). The van der Waals surface area contributed by atoms with E-state index in [9.17, 15) is 18.0 Å². The van der Waals surface area contributed by atoms with E-state index in [0.29, 0.717) is 16.3 Å². The monoisotopic (exact) mass is 441 g/mol. The maximum Gasteiger partial charge on any atom is 0.446 e. The van der Waals surface area contributed by atoms with E-state index < -0.39 is 11.4 Å². The predicted molar refractivity (Wildman–Crippen MR) is 106 cm³/mol. The van der Waals surface area contributed by atoms with E-state index in [2.05, 4.69) is 15.5 Å². The van der Waals surface area contributed by atoms with Gasteiger partial charge in [-0.3, -0.25) is 4.79 Å². The number of nitrogens with zero attached hydrogens (tertiary/aromatic N) is 2. The van der Waals surface area contributed by atoms with Gasteiger partial charge < -0.3 is 5.32 Å². The van der Waals surface area contributed by atoms with E-state index in [4.69, 9.17) is 11.6 Å². The van der Waals surface area contributed by atoms with E-state index in [-0.39, 0.29) is 26.7 Å². The molecular weight excluding hydrogens is 431 g/mol. The van der Waals surface area contributed by atoms with Gasteiger partial charge in [-0.25, -0.2) is 0 Å². The largest absolute Gasteiger partial charge is 0.446 e. The van der Waals surface area contributed by atoms with Crippen molar-refractivity contribution in [3.8, 4) is 0 Å². The first kappa shape index (κ1) is 20.4. The lowest BCUT2D eigenvalue weighted by atomic mass is 10.2. The third kappa shape index (κ3) is 5.82. The van der Waals surface area contributed by atoms with Gasteiger partial charge in [-0.1, -0.05) is 53.3 Å². The van der Waals surface area contributed by atoms with Crippen molar-refractivity contribution >= 4 is 57.4 Å². The summed E-state index contributed by atoms with van der Waals surface area (Å²) in [5.74, 6) is -0.409. The first-order valence-corrected chi connectivity index (χ1v) is 9.74. The van der Waals surface area contributed by atoms with Crippen LogP contribution in [0, 0.1) is 0 Å². The second-order valence-corrected chi connectivity index (χ2v) is 7.86. The topological polar surface area (TPSA) is 54.9 Å². The average molecular weight is 442 g/mol. The number of halogens is 4. The molecule has 0 aliphatic rings. The summed E-state index contributed by atoms with van der Waals surface area (Å²) >= 11 is 7.04. The smallest absolute Gasteiger partial charge is 0.320 e. The van der Waals surface area contributed by atoms with Crippen molar-refractivity contribution in [3.63, 3.8) is 0 Å². The number of benzene rings is 2. The zero-order chi connectivity index (χ0) is 20.1. The van der Waals surface area contributed by atoms with Crippen LogP contribution < -0.4 is 5.32 Å². The highest BCUT2D eigenvalue weighted by atomic mass is 35.5. The number of amides is 1. The van der Waals surface area contributed by atoms with Crippen molar-refractivity contribution < 1.29 is 18.0 Å². The normalized spacial score (nSPS) is 12.1. The molecule has 28 heavy (non-hydrogen) atoms. The average Bonchev–Trinajstić information content (AvgIpc) is 3.13. The number of carbonyl (C=O) groups is 1. The molecule has 4 nitrogen and oxygen atoms in total. The quantitative estimate of drug-likeness (QED) is 0.483. The van der Waals surface area contributed by atoms with Gasteiger partial charge in [0.1, 0.15) is 0 Å².